The zero-order valence-corrected chi connectivity index (χ0v) is 12.4. The lowest BCUT2D eigenvalue weighted by molar-refractivity contribution is 0.826. The number of benzene rings is 1. The molecule has 2 aromatic heterocycles. The number of rotatable bonds is 4. The molecule has 0 aliphatic rings. The Kier molecular flexibility index (Phi) is 3.87. The Labute approximate surface area is 126 Å². The summed E-state index contributed by atoms with van der Waals surface area (Å²) in [6.07, 6.45) is 0.777. The summed E-state index contributed by atoms with van der Waals surface area (Å²) in [4.78, 5) is 1.19. The third-order valence-electron chi connectivity index (χ3n) is 3.01. The minimum atomic E-state index is 0.599. The number of hydrogen-bond donors (Lipinski definition) is 1. The van der Waals surface area contributed by atoms with Crippen LogP contribution < -0.4 is 5.73 Å². The molecule has 0 unspecified atom stereocenters. The largest absolute Gasteiger partial charge is 0.330 e. The van der Waals surface area contributed by atoms with Crippen molar-refractivity contribution in [2.24, 2.45) is 5.73 Å². The number of halogens is 1. The third kappa shape index (κ3) is 2.63. The topological polar surface area (TPSA) is 43.8 Å². The normalized spacial score (nSPS) is 10.9. The number of aromatic nitrogens is 2. The predicted molar refractivity (Wildman–Crippen MR) is 84.6 cm³/mol. The molecule has 0 fully saturated rings. The van der Waals surface area contributed by atoms with Crippen LogP contribution in [0, 0.1) is 0 Å². The maximum Gasteiger partial charge on any atom is 0.0843 e. The van der Waals surface area contributed by atoms with Gasteiger partial charge in [-0.15, -0.1) is 11.3 Å². The highest BCUT2D eigenvalue weighted by Crippen LogP contribution is 2.28. The van der Waals surface area contributed by atoms with Gasteiger partial charge in [-0.25, -0.2) is 4.68 Å². The highest BCUT2D eigenvalue weighted by Gasteiger charge is 2.12. The van der Waals surface area contributed by atoms with Crippen LogP contribution in [0.5, 0.6) is 0 Å². The van der Waals surface area contributed by atoms with Crippen LogP contribution in [0.15, 0.2) is 47.8 Å². The van der Waals surface area contributed by atoms with Gasteiger partial charge in [0.25, 0.3) is 0 Å². The standard InChI is InChI=1S/C15H14ClN3S/c16-11-3-5-13(6-4-11)19-14(15-2-1-9-20-15)10-12(18-19)7-8-17/h1-6,9-10H,7-8,17H2. The van der Waals surface area contributed by atoms with Crippen molar-refractivity contribution in [3.63, 3.8) is 0 Å². The van der Waals surface area contributed by atoms with Crippen molar-refractivity contribution in [3.8, 4) is 16.3 Å². The summed E-state index contributed by atoms with van der Waals surface area (Å²) in [5, 5.41) is 7.45. The van der Waals surface area contributed by atoms with Crippen LogP contribution >= 0.6 is 22.9 Å². The van der Waals surface area contributed by atoms with Gasteiger partial charge < -0.3 is 5.73 Å². The summed E-state index contributed by atoms with van der Waals surface area (Å²) in [5.41, 5.74) is 8.73. The Morgan fingerprint density at radius 3 is 2.65 bits per heavy atom. The zero-order valence-electron chi connectivity index (χ0n) is 10.8. The minimum Gasteiger partial charge on any atom is -0.330 e. The van der Waals surface area contributed by atoms with E-state index in [1.54, 1.807) is 11.3 Å². The molecule has 0 atom stereocenters. The van der Waals surface area contributed by atoms with E-state index in [1.165, 1.54) is 4.88 Å². The second-order valence-corrected chi connectivity index (χ2v) is 5.81. The molecule has 102 valence electrons. The number of nitrogens with zero attached hydrogens (tertiary/aromatic N) is 2. The summed E-state index contributed by atoms with van der Waals surface area (Å²) >= 11 is 7.65. The van der Waals surface area contributed by atoms with Crippen LogP contribution in [0.2, 0.25) is 5.02 Å². The Balaban J connectivity index is 2.10. The molecule has 3 aromatic rings. The second-order valence-electron chi connectivity index (χ2n) is 4.43. The smallest absolute Gasteiger partial charge is 0.0843 e. The SMILES string of the molecule is NCCc1cc(-c2cccs2)n(-c2ccc(Cl)cc2)n1. The van der Waals surface area contributed by atoms with Gasteiger partial charge in [-0.05, 0) is 48.3 Å². The summed E-state index contributed by atoms with van der Waals surface area (Å²) < 4.78 is 1.95. The van der Waals surface area contributed by atoms with Gasteiger partial charge in [0.15, 0.2) is 0 Å². The van der Waals surface area contributed by atoms with E-state index in [0.29, 0.717) is 6.54 Å². The molecule has 0 saturated carbocycles. The fourth-order valence-corrected chi connectivity index (χ4v) is 2.93. The Bertz CT molecular complexity index is 686. The molecule has 2 N–H and O–H groups in total. The molecule has 3 rings (SSSR count). The zero-order chi connectivity index (χ0) is 13.9. The molecule has 0 aliphatic heterocycles. The molecule has 0 bridgehead atoms. The quantitative estimate of drug-likeness (QED) is 0.797. The molecule has 3 nitrogen and oxygen atoms in total. The van der Waals surface area contributed by atoms with E-state index in [4.69, 9.17) is 17.3 Å². The van der Waals surface area contributed by atoms with Crippen molar-refractivity contribution in [1.29, 1.82) is 0 Å². The Morgan fingerprint density at radius 2 is 2.00 bits per heavy atom. The van der Waals surface area contributed by atoms with E-state index in [9.17, 15) is 0 Å². The van der Waals surface area contributed by atoms with Crippen LogP contribution in [-0.4, -0.2) is 16.3 Å². The molecule has 1 aromatic carbocycles. The van der Waals surface area contributed by atoms with Crippen LogP contribution in [-0.2, 0) is 6.42 Å². The molecule has 5 heteroatoms. The summed E-state index contributed by atoms with van der Waals surface area (Å²) in [6.45, 7) is 0.599. The van der Waals surface area contributed by atoms with Crippen molar-refractivity contribution < 1.29 is 0 Å². The number of nitrogens with two attached hydrogens (primary N) is 1. The molecule has 2 heterocycles. The van der Waals surface area contributed by atoms with Crippen molar-refractivity contribution in [2.75, 3.05) is 6.54 Å². The van der Waals surface area contributed by atoms with Gasteiger partial charge in [-0.3, -0.25) is 0 Å². The molecule has 20 heavy (non-hydrogen) atoms. The highest BCUT2D eigenvalue weighted by atomic mass is 35.5. The highest BCUT2D eigenvalue weighted by molar-refractivity contribution is 7.13. The summed E-state index contributed by atoms with van der Waals surface area (Å²) in [6, 6.07) is 13.9. The van der Waals surface area contributed by atoms with Crippen molar-refractivity contribution >= 4 is 22.9 Å². The number of thiophene rings is 1. The van der Waals surface area contributed by atoms with Gasteiger partial charge >= 0.3 is 0 Å². The average molecular weight is 304 g/mol. The van der Waals surface area contributed by atoms with E-state index in [-0.39, 0.29) is 0 Å². The first kappa shape index (κ1) is 13.4. The van der Waals surface area contributed by atoms with E-state index in [2.05, 4.69) is 22.6 Å². The van der Waals surface area contributed by atoms with Crippen molar-refractivity contribution in [1.82, 2.24) is 9.78 Å². The van der Waals surface area contributed by atoms with Gasteiger partial charge in [0, 0.05) is 11.4 Å². The molecular weight excluding hydrogens is 290 g/mol. The lowest BCUT2D eigenvalue weighted by Crippen LogP contribution is -2.04. The first-order chi connectivity index (χ1) is 9.78. The first-order valence-electron chi connectivity index (χ1n) is 6.37. The van der Waals surface area contributed by atoms with E-state index in [1.807, 2.05) is 35.0 Å². The second kappa shape index (κ2) is 5.79. The van der Waals surface area contributed by atoms with Gasteiger partial charge in [-0.2, -0.15) is 5.10 Å². The third-order valence-corrected chi connectivity index (χ3v) is 4.15. The number of hydrogen-bond acceptors (Lipinski definition) is 3. The van der Waals surface area contributed by atoms with Gasteiger partial charge in [0.2, 0.25) is 0 Å². The van der Waals surface area contributed by atoms with E-state index < -0.39 is 0 Å². The van der Waals surface area contributed by atoms with Crippen LogP contribution in [0.25, 0.3) is 16.3 Å². The molecule has 0 radical (unpaired) electrons. The Hall–Kier alpha value is -1.62. The average Bonchev–Trinajstić information content (AvgIpc) is 3.08. The monoisotopic (exact) mass is 303 g/mol. The van der Waals surface area contributed by atoms with Crippen LogP contribution in [0.4, 0.5) is 0 Å². The lowest BCUT2D eigenvalue weighted by atomic mass is 10.2. The molecular formula is C15H14ClN3S. The lowest BCUT2D eigenvalue weighted by Gasteiger charge is -2.06. The molecule has 0 saturated heterocycles. The maximum atomic E-state index is 5.95. The predicted octanol–water partition coefficient (Wildman–Crippen LogP) is 3.76. The van der Waals surface area contributed by atoms with Gasteiger partial charge in [0.05, 0.1) is 22.0 Å². The molecule has 0 amide bonds. The summed E-state index contributed by atoms with van der Waals surface area (Å²) in [5.74, 6) is 0. The first-order valence-corrected chi connectivity index (χ1v) is 7.62. The van der Waals surface area contributed by atoms with Crippen molar-refractivity contribution in [3.05, 3.63) is 58.6 Å². The van der Waals surface area contributed by atoms with E-state index >= 15 is 0 Å². The van der Waals surface area contributed by atoms with Gasteiger partial charge in [-0.1, -0.05) is 17.7 Å². The van der Waals surface area contributed by atoms with Crippen molar-refractivity contribution in [2.45, 2.75) is 6.42 Å². The molecule has 0 spiro atoms. The van der Waals surface area contributed by atoms with Gasteiger partial charge in [0.1, 0.15) is 0 Å². The minimum absolute atomic E-state index is 0.599. The fraction of sp³-hybridized carbons (Fsp3) is 0.133. The maximum absolute atomic E-state index is 5.95. The Morgan fingerprint density at radius 1 is 1.20 bits per heavy atom. The van der Waals surface area contributed by atoms with E-state index in [0.717, 1.165) is 28.5 Å². The van der Waals surface area contributed by atoms with Crippen LogP contribution in [0.3, 0.4) is 0 Å². The van der Waals surface area contributed by atoms with Crippen LogP contribution in [0.1, 0.15) is 5.69 Å². The molecule has 0 aliphatic carbocycles. The summed E-state index contributed by atoms with van der Waals surface area (Å²) in [7, 11) is 0. The fourth-order valence-electron chi connectivity index (χ4n) is 2.08.